The highest BCUT2D eigenvalue weighted by Gasteiger charge is 2.41. The van der Waals surface area contributed by atoms with Crippen LogP contribution in [0.25, 0.3) is 0 Å². The molecule has 0 amide bonds. The molecule has 0 radical (unpaired) electrons. The van der Waals surface area contributed by atoms with Gasteiger partial charge in [-0.1, -0.05) is 59.8 Å². The minimum Gasteiger partial charge on any atom is -0.0654 e. The third-order valence-electron chi connectivity index (χ3n) is 4.90. The largest absolute Gasteiger partial charge is 0.0654 e. The molecule has 1 aliphatic rings. The average Bonchev–Trinajstić information content (AvgIpc) is 2.61. The molecule has 0 aromatic rings. The van der Waals surface area contributed by atoms with Crippen LogP contribution in [-0.2, 0) is 0 Å². The van der Waals surface area contributed by atoms with Gasteiger partial charge >= 0.3 is 0 Å². The molecule has 0 heteroatoms. The monoisotopic (exact) mass is 224 g/mol. The van der Waals surface area contributed by atoms with Gasteiger partial charge in [0.25, 0.3) is 0 Å². The first kappa shape index (κ1) is 14.1. The van der Waals surface area contributed by atoms with E-state index in [1.54, 1.807) is 0 Å². The highest BCUT2D eigenvalue weighted by molar-refractivity contribution is 4.92. The summed E-state index contributed by atoms with van der Waals surface area (Å²) in [5.41, 5.74) is 0.742. The molecule has 0 heterocycles. The normalized spacial score (nSPS) is 28.5. The van der Waals surface area contributed by atoms with E-state index < -0.39 is 0 Å². The highest BCUT2D eigenvalue weighted by Crippen LogP contribution is 2.52. The van der Waals surface area contributed by atoms with Crippen molar-refractivity contribution < 1.29 is 0 Å². The zero-order chi connectivity index (χ0) is 12.0. The van der Waals surface area contributed by atoms with Gasteiger partial charge in [0.1, 0.15) is 0 Å². The van der Waals surface area contributed by atoms with Crippen molar-refractivity contribution in [3.8, 4) is 0 Å². The molecule has 1 saturated carbocycles. The van der Waals surface area contributed by atoms with Crippen LogP contribution >= 0.6 is 0 Å². The Morgan fingerprint density at radius 2 is 1.50 bits per heavy atom. The number of hydrogen-bond acceptors (Lipinski definition) is 0. The molecule has 0 saturated heterocycles. The molecule has 0 aromatic carbocycles. The summed E-state index contributed by atoms with van der Waals surface area (Å²) in [6.07, 6.45) is 13.1. The van der Waals surface area contributed by atoms with Crippen molar-refractivity contribution in [1.82, 2.24) is 0 Å². The van der Waals surface area contributed by atoms with E-state index in [4.69, 9.17) is 0 Å². The Bertz CT molecular complexity index is 174. The van der Waals surface area contributed by atoms with Gasteiger partial charge in [0.15, 0.2) is 0 Å². The zero-order valence-electron chi connectivity index (χ0n) is 12.0. The summed E-state index contributed by atoms with van der Waals surface area (Å²) in [6, 6.07) is 0. The fourth-order valence-corrected chi connectivity index (χ4v) is 3.87. The minimum absolute atomic E-state index is 0.742. The van der Waals surface area contributed by atoms with Gasteiger partial charge in [-0.15, -0.1) is 0 Å². The maximum absolute atomic E-state index is 2.49. The van der Waals surface area contributed by atoms with E-state index in [0.717, 1.165) is 17.3 Å². The smallest absolute Gasteiger partial charge is 0.0292 e. The van der Waals surface area contributed by atoms with E-state index in [0.29, 0.717) is 0 Å². The van der Waals surface area contributed by atoms with Gasteiger partial charge in [0, 0.05) is 0 Å². The number of rotatable bonds is 7. The fourth-order valence-electron chi connectivity index (χ4n) is 3.87. The molecule has 0 bridgehead atoms. The molecule has 1 aliphatic carbocycles. The summed E-state index contributed by atoms with van der Waals surface area (Å²) >= 11 is 0. The van der Waals surface area contributed by atoms with Crippen molar-refractivity contribution in [2.24, 2.45) is 17.3 Å². The lowest BCUT2D eigenvalue weighted by atomic mass is 9.76. The molecule has 2 unspecified atom stereocenters. The minimum atomic E-state index is 0.742. The molecule has 0 aliphatic heterocycles. The highest BCUT2D eigenvalue weighted by atomic mass is 14.5. The SMILES string of the molecule is CCCCC1(CCCC)CC(C)C(CC)C1. The maximum Gasteiger partial charge on any atom is -0.0292 e. The second-order valence-electron chi connectivity index (χ2n) is 6.26. The summed E-state index contributed by atoms with van der Waals surface area (Å²) in [4.78, 5) is 0. The number of hydrogen-bond donors (Lipinski definition) is 0. The van der Waals surface area contributed by atoms with Crippen LogP contribution in [0.15, 0.2) is 0 Å². The molecule has 0 nitrogen and oxygen atoms in total. The molecule has 0 aromatic heterocycles. The van der Waals surface area contributed by atoms with E-state index in [2.05, 4.69) is 27.7 Å². The molecule has 96 valence electrons. The standard InChI is InChI=1S/C16H32/c1-5-8-10-16(11-9-6-2)12-14(4)15(7-3)13-16/h14-15H,5-13H2,1-4H3. The third kappa shape index (κ3) is 3.50. The third-order valence-corrected chi connectivity index (χ3v) is 4.90. The van der Waals surface area contributed by atoms with Crippen molar-refractivity contribution in [1.29, 1.82) is 0 Å². The van der Waals surface area contributed by atoms with Gasteiger partial charge in [-0.2, -0.15) is 0 Å². The quantitative estimate of drug-likeness (QED) is 0.512. The second-order valence-corrected chi connectivity index (χ2v) is 6.26. The Hall–Kier alpha value is 0. The summed E-state index contributed by atoms with van der Waals surface area (Å²) in [5.74, 6) is 2.01. The van der Waals surface area contributed by atoms with E-state index >= 15 is 0 Å². The van der Waals surface area contributed by atoms with Crippen LogP contribution < -0.4 is 0 Å². The topological polar surface area (TPSA) is 0 Å². The lowest BCUT2D eigenvalue weighted by molar-refractivity contribution is 0.221. The molecular weight excluding hydrogens is 192 g/mol. The Morgan fingerprint density at radius 1 is 0.938 bits per heavy atom. The summed E-state index contributed by atoms with van der Waals surface area (Å²) < 4.78 is 0. The zero-order valence-corrected chi connectivity index (χ0v) is 12.0. The van der Waals surface area contributed by atoms with Crippen molar-refractivity contribution >= 4 is 0 Å². The Kier molecular flexibility index (Phi) is 5.86. The van der Waals surface area contributed by atoms with Gasteiger partial charge in [0.05, 0.1) is 0 Å². The number of unbranched alkanes of at least 4 members (excludes halogenated alkanes) is 2. The van der Waals surface area contributed by atoms with E-state index in [9.17, 15) is 0 Å². The van der Waals surface area contributed by atoms with Crippen LogP contribution in [-0.4, -0.2) is 0 Å². The van der Waals surface area contributed by atoms with Gasteiger partial charge in [0.2, 0.25) is 0 Å². The lowest BCUT2D eigenvalue weighted by Crippen LogP contribution is -2.17. The van der Waals surface area contributed by atoms with Gasteiger partial charge in [-0.25, -0.2) is 0 Å². The Balaban J connectivity index is 2.57. The second kappa shape index (κ2) is 6.67. The van der Waals surface area contributed by atoms with Crippen LogP contribution in [0, 0.1) is 17.3 Å². The molecular formula is C16H32. The molecule has 2 atom stereocenters. The molecule has 0 N–H and O–H groups in total. The van der Waals surface area contributed by atoms with Crippen molar-refractivity contribution in [3.63, 3.8) is 0 Å². The molecule has 0 spiro atoms. The molecule has 1 rings (SSSR count). The average molecular weight is 224 g/mol. The predicted octanol–water partition coefficient (Wildman–Crippen LogP) is 5.81. The Labute approximate surface area is 103 Å². The van der Waals surface area contributed by atoms with Crippen LogP contribution in [0.3, 0.4) is 0 Å². The first-order valence-electron chi connectivity index (χ1n) is 7.67. The summed E-state index contributed by atoms with van der Waals surface area (Å²) in [5, 5.41) is 0. The molecule has 1 fully saturated rings. The Morgan fingerprint density at radius 3 is 1.88 bits per heavy atom. The van der Waals surface area contributed by atoms with E-state index in [1.165, 1.54) is 57.8 Å². The lowest BCUT2D eigenvalue weighted by Gasteiger charge is -2.30. The van der Waals surface area contributed by atoms with Crippen LogP contribution in [0.4, 0.5) is 0 Å². The van der Waals surface area contributed by atoms with Gasteiger partial charge < -0.3 is 0 Å². The van der Waals surface area contributed by atoms with Gasteiger partial charge in [-0.3, -0.25) is 0 Å². The summed E-state index contributed by atoms with van der Waals surface area (Å²) in [7, 11) is 0. The first-order chi connectivity index (χ1) is 7.67. The van der Waals surface area contributed by atoms with Crippen molar-refractivity contribution in [2.75, 3.05) is 0 Å². The van der Waals surface area contributed by atoms with Crippen LogP contribution in [0.1, 0.15) is 85.5 Å². The van der Waals surface area contributed by atoms with E-state index in [1.807, 2.05) is 0 Å². The van der Waals surface area contributed by atoms with E-state index in [-0.39, 0.29) is 0 Å². The molecule has 16 heavy (non-hydrogen) atoms. The van der Waals surface area contributed by atoms with Crippen molar-refractivity contribution in [2.45, 2.75) is 85.5 Å². The van der Waals surface area contributed by atoms with Crippen molar-refractivity contribution in [3.05, 3.63) is 0 Å². The van der Waals surface area contributed by atoms with Crippen LogP contribution in [0.5, 0.6) is 0 Å². The first-order valence-corrected chi connectivity index (χ1v) is 7.67. The van der Waals surface area contributed by atoms with Crippen LogP contribution in [0.2, 0.25) is 0 Å². The fraction of sp³-hybridized carbons (Fsp3) is 1.00. The maximum atomic E-state index is 2.49. The van der Waals surface area contributed by atoms with Gasteiger partial charge in [-0.05, 0) is 42.9 Å². The predicted molar refractivity (Wildman–Crippen MR) is 73.7 cm³/mol. The summed E-state index contributed by atoms with van der Waals surface area (Å²) in [6.45, 7) is 9.55.